The van der Waals surface area contributed by atoms with Gasteiger partial charge in [0.1, 0.15) is 0 Å². The van der Waals surface area contributed by atoms with Crippen LogP contribution in [0.1, 0.15) is 0 Å². The van der Waals surface area contributed by atoms with E-state index in [1.165, 1.54) is 12.1 Å². The van der Waals surface area contributed by atoms with Gasteiger partial charge in [0.25, 0.3) is 10.1 Å². The number of nitrogen functional groups attached to an aromatic ring is 3. The van der Waals surface area contributed by atoms with Crippen LogP contribution in [0, 0.1) is 0 Å². The van der Waals surface area contributed by atoms with Crippen molar-refractivity contribution in [1.29, 1.82) is 0 Å². The van der Waals surface area contributed by atoms with Crippen LogP contribution in [-0.2, 0) is 10.1 Å². The zero-order chi connectivity index (χ0) is 17.0. The van der Waals surface area contributed by atoms with Crippen molar-refractivity contribution in [3.05, 3.63) is 60.7 Å². The highest BCUT2D eigenvalue weighted by molar-refractivity contribution is 7.85. The molecule has 3 aromatic rings. The number of hydrogen-bond acceptors (Lipinski definition) is 5. The Bertz CT molecular complexity index is 923. The summed E-state index contributed by atoms with van der Waals surface area (Å²) in [5.74, 6) is 0. The molecule has 120 valence electrons. The third kappa shape index (κ3) is 4.35. The van der Waals surface area contributed by atoms with E-state index in [1.54, 1.807) is 42.5 Å². The first-order valence-corrected chi connectivity index (χ1v) is 8.08. The molecule has 0 fully saturated rings. The molecule has 23 heavy (non-hydrogen) atoms. The first-order valence-electron chi connectivity index (χ1n) is 6.64. The molecule has 0 atom stereocenters. The average molecular weight is 331 g/mol. The fraction of sp³-hybridized carbons (Fsp3) is 0. The highest BCUT2D eigenvalue weighted by atomic mass is 32.2. The molecule has 3 rings (SSSR count). The van der Waals surface area contributed by atoms with Gasteiger partial charge in [0.15, 0.2) is 0 Å². The zero-order valence-corrected chi connectivity index (χ0v) is 13.0. The Labute approximate surface area is 134 Å². The molecule has 0 aliphatic carbocycles. The molecule has 0 saturated carbocycles. The summed E-state index contributed by atoms with van der Waals surface area (Å²) in [5.41, 5.74) is 18.5. The van der Waals surface area contributed by atoms with Crippen molar-refractivity contribution >= 4 is 38.0 Å². The van der Waals surface area contributed by atoms with E-state index in [4.69, 9.17) is 21.8 Å². The quantitative estimate of drug-likeness (QED) is 0.400. The van der Waals surface area contributed by atoms with Gasteiger partial charge in [0.05, 0.1) is 4.90 Å². The predicted molar refractivity (Wildman–Crippen MR) is 93.4 cm³/mol. The molecule has 7 N–H and O–H groups in total. The highest BCUT2D eigenvalue weighted by Gasteiger charge is 2.09. The lowest BCUT2D eigenvalue weighted by Gasteiger charge is -2.03. The molecule has 0 unspecified atom stereocenters. The maximum atomic E-state index is 10.9. The molecule has 6 nitrogen and oxygen atoms in total. The van der Waals surface area contributed by atoms with Gasteiger partial charge in [-0.25, -0.2) is 0 Å². The first-order chi connectivity index (χ1) is 10.8. The monoisotopic (exact) mass is 331 g/mol. The van der Waals surface area contributed by atoms with E-state index in [0.29, 0.717) is 22.4 Å². The number of anilines is 3. The zero-order valence-electron chi connectivity index (χ0n) is 12.2. The number of benzene rings is 3. The van der Waals surface area contributed by atoms with Crippen molar-refractivity contribution in [3.63, 3.8) is 0 Å². The number of rotatable bonds is 1. The lowest BCUT2D eigenvalue weighted by Crippen LogP contribution is -1.97. The van der Waals surface area contributed by atoms with Crippen LogP contribution in [0.2, 0.25) is 0 Å². The van der Waals surface area contributed by atoms with Crippen LogP contribution in [0.3, 0.4) is 0 Å². The van der Waals surface area contributed by atoms with Gasteiger partial charge in [-0.15, -0.1) is 0 Å². The second kappa shape index (κ2) is 6.55. The summed E-state index contributed by atoms with van der Waals surface area (Å²) in [6, 6.07) is 16.6. The molecular formula is C16H17N3O3S. The van der Waals surface area contributed by atoms with Crippen LogP contribution in [0.5, 0.6) is 0 Å². The number of nitrogens with two attached hydrogens (primary N) is 3. The lowest BCUT2D eigenvalue weighted by atomic mass is 10.1. The van der Waals surface area contributed by atoms with Crippen LogP contribution in [-0.4, -0.2) is 13.0 Å². The van der Waals surface area contributed by atoms with E-state index >= 15 is 0 Å². The van der Waals surface area contributed by atoms with Crippen LogP contribution in [0.15, 0.2) is 65.6 Å². The summed E-state index contributed by atoms with van der Waals surface area (Å²) in [6.45, 7) is 0. The molecule has 0 radical (unpaired) electrons. The molecule has 0 amide bonds. The topological polar surface area (TPSA) is 132 Å². The Kier molecular flexibility index (Phi) is 4.73. The van der Waals surface area contributed by atoms with Gasteiger partial charge in [-0.05, 0) is 41.8 Å². The van der Waals surface area contributed by atoms with Crippen LogP contribution in [0.25, 0.3) is 10.8 Å². The minimum absolute atomic E-state index is 0.124. The molecule has 0 heterocycles. The largest absolute Gasteiger partial charge is 0.399 e. The third-order valence-electron chi connectivity index (χ3n) is 3.09. The second-order valence-electron chi connectivity index (χ2n) is 4.88. The minimum Gasteiger partial charge on any atom is -0.399 e. The lowest BCUT2D eigenvalue weighted by molar-refractivity contribution is 0.483. The van der Waals surface area contributed by atoms with Crippen molar-refractivity contribution in [2.75, 3.05) is 17.2 Å². The summed E-state index contributed by atoms with van der Waals surface area (Å²) < 4.78 is 30.6. The third-order valence-corrected chi connectivity index (χ3v) is 3.94. The molecule has 3 aromatic carbocycles. The van der Waals surface area contributed by atoms with E-state index in [2.05, 4.69) is 0 Å². The smallest absolute Gasteiger partial charge is 0.294 e. The highest BCUT2D eigenvalue weighted by Crippen LogP contribution is 2.23. The van der Waals surface area contributed by atoms with E-state index in [-0.39, 0.29) is 4.90 Å². The minimum atomic E-state index is -4.15. The van der Waals surface area contributed by atoms with Crippen LogP contribution >= 0.6 is 0 Å². The summed E-state index contributed by atoms with van der Waals surface area (Å²) in [7, 11) is -4.15. The Hall–Kier alpha value is -2.77. The summed E-state index contributed by atoms with van der Waals surface area (Å²) in [4.78, 5) is -0.124. The van der Waals surface area contributed by atoms with Crippen molar-refractivity contribution in [2.45, 2.75) is 4.90 Å². The molecule has 0 saturated heterocycles. The molecule has 0 aliphatic rings. The summed E-state index contributed by atoms with van der Waals surface area (Å²) in [6.07, 6.45) is 0. The van der Waals surface area contributed by atoms with Crippen LogP contribution < -0.4 is 17.2 Å². The first kappa shape index (κ1) is 16.6. The fourth-order valence-corrected chi connectivity index (χ4v) is 2.52. The van der Waals surface area contributed by atoms with E-state index in [9.17, 15) is 8.42 Å². The summed E-state index contributed by atoms with van der Waals surface area (Å²) >= 11 is 0. The Morgan fingerprint density at radius 2 is 1.39 bits per heavy atom. The molecule has 0 aliphatic heterocycles. The molecule has 0 aromatic heterocycles. The van der Waals surface area contributed by atoms with Gasteiger partial charge >= 0.3 is 0 Å². The van der Waals surface area contributed by atoms with E-state index in [1.807, 2.05) is 6.07 Å². The van der Waals surface area contributed by atoms with Crippen LogP contribution in [0.4, 0.5) is 17.1 Å². The standard InChI is InChI=1S/C10H9NO3S.C6H8N2/c11-10-3-1-2-7-6-8(15(12,13)14)4-5-9(7)10;7-5-2-1-3-6(8)4-5/h1-6H,11H2,(H,12,13,14);1-4H,7-8H2. The Balaban J connectivity index is 0.000000203. The van der Waals surface area contributed by atoms with Crippen molar-refractivity contribution in [3.8, 4) is 0 Å². The fourth-order valence-electron chi connectivity index (χ4n) is 2.01. The maximum Gasteiger partial charge on any atom is 0.294 e. The average Bonchev–Trinajstić information content (AvgIpc) is 2.46. The summed E-state index contributed by atoms with van der Waals surface area (Å²) in [5, 5.41) is 1.45. The van der Waals surface area contributed by atoms with Gasteiger partial charge in [0.2, 0.25) is 0 Å². The van der Waals surface area contributed by atoms with Crippen molar-refractivity contribution in [2.24, 2.45) is 0 Å². The number of hydrogen-bond donors (Lipinski definition) is 4. The molecular weight excluding hydrogens is 314 g/mol. The Morgan fingerprint density at radius 1 is 0.783 bits per heavy atom. The van der Waals surface area contributed by atoms with Gasteiger partial charge < -0.3 is 17.2 Å². The van der Waals surface area contributed by atoms with Gasteiger partial charge in [-0.1, -0.05) is 24.3 Å². The maximum absolute atomic E-state index is 10.9. The van der Waals surface area contributed by atoms with Crippen molar-refractivity contribution in [1.82, 2.24) is 0 Å². The van der Waals surface area contributed by atoms with E-state index < -0.39 is 10.1 Å². The van der Waals surface area contributed by atoms with Gasteiger partial charge in [-0.3, -0.25) is 4.55 Å². The van der Waals surface area contributed by atoms with Gasteiger partial charge in [-0.2, -0.15) is 8.42 Å². The second-order valence-corrected chi connectivity index (χ2v) is 6.30. The van der Waals surface area contributed by atoms with Gasteiger partial charge in [0, 0.05) is 22.4 Å². The molecule has 0 spiro atoms. The normalized spacial score (nSPS) is 10.8. The van der Waals surface area contributed by atoms with Crippen molar-refractivity contribution < 1.29 is 13.0 Å². The molecule has 0 bridgehead atoms. The SMILES string of the molecule is Nc1cccc(N)c1.Nc1cccc2cc(S(=O)(=O)O)ccc12. The molecule has 7 heteroatoms. The Morgan fingerprint density at radius 3 is 1.91 bits per heavy atom. The predicted octanol–water partition coefficient (Wildman–Crippen LogP) is 2.52. The van der Waals surface area contributed by atoms with E-state index in [0.717, 1.165) is 5.39 Å². The number of fused-ring (bicyclic) bond motifs is 1.